The molecule has 0 radical (unpaired) electrons. The van der Waals surface area contributed by atoms with E-state index in [2.05, 4.69) is 0 Å². The summed E-state index contributed by atoms with van der Waals surface area (Å²) in [6.45, 7) is 2.16. The van der Waals surface area contributed by atoms with E-state index in [1.807, 2.05) is 6.92 Å². The molecule has 7 heteroatoms. The summed E-state index contributed by atoms with van der Waals surface area (Å²) in [5, 5.41) is 0. The second-order valence-electron chi connectivity index (χ2n) is 7.05. The Bertz CT molecular complexity index is 689. The van der Waals surface area contributed by atoms with Gasteiger partial charge < -0.3 is 10.6 Å². The highest BCUT2D eigenvalue weighted by atomic mass is 19.4. The number of halogens is 3. The number of benzene rings is 1. The molecule has 2 fully saturated rings. The highest BCUT2D eigenvalue weighted by Gasteiger charge is 2.50. The Hall–Kier alpha value is -2.05. The Labute approximate surface area is 144 Å². The van der Waals surface area contributed by atoms with Crippen molar-refractivity contribution in [2.45, 2.75) is 44.3 Å². The molecule has 136 valence electrons. The van der Waals surface area contributed by atoms with E-state index in [9.17, 15) is 22.8 Å². The summed E-state index contributed by atoms with van der Waals surface area (Å²) in [4.78, 5) is 25.8. The van der Waals surface area contributed by atoms with Crippen LogP contribution in [0.2, 0.25) is 0 Å². The SMILES string of the molecule is C[C@@H]1CC[C@H](C(N)=O)CN1C(=O)[C@@H]1C[C@@H]1c1ccccc1C(F)(F)F. The van der Waals surface area contributed by atoms with Crippen molar-refractivity contribution in [3.63, 3.8) is 0 Å². The van der Waals surface area contributed by atoms with E-state index in [0.29, 0.717) is 19.3 Å². The minimum Gasteiger partial charge on any atom is -0.369 e. The number of rotatable bonds is 3. The average molecular weight is 354 g/mol. The van der Waals surface area contributed by atoms with E-state index in [1.54, 1.807) is 11.0 Å². The first kappa shape index (κ1) is 17.8. The van der Waals surface area contributed by atoms with Gasteiger partial charge in [0.15, 0.2) is 0 Å². The number of carbonyl (C=O) groups excluding carboxylic acids is 2. The number of nitrogens with zero attached hydrogens (tertiary/aromatic N) is 1. The molecule has 4 atom stereocenters. The first-order chi connectivity index (χ1) is 11.7. The fourth-order valence-electron chi connectivity index (χ4n) is 3.75. The van der Waals surface area contributed by atoms with Crippen LogP contribution >= 0.6 is 0 Å². The summed E-state index contributed by atoms with van der Waals surface area (Å²) >= 11 is 0. The molecule has 2 N–H and O–H groups in total. The van der Waals surface area contributed by atoms with Crippen LogP contribution < -0.4 is 5.73 Å². The molecule has 2 amide bonds. The Kier molecular flexibility index (Phi) is 4.51. The maximum atomic E-state index is 13.2. The Morgan fingerprint density at radius 2 is 1.88 bits per heavy atom. The van der Waals surface area contributed by atoms with E-state index in [-0.39, 0.29) is 30.0 Å². The summed E-state index contributed by atoms with van der Waals surface area (Å²) in [5.74, 6) is -1.83. The number of primary amides is 1. The van der Waals surface area contributed by atoms with E-state index < -0.39 is 29.5 Å². The summed E-state index contributed by atoms with van der Waals surface area (Å²) < 4.78 is 39.5. The Morgan fingerprint density at radius 1 is 1.20 bits per heavy atom. The highest BCUT2D eigenvalue weighted by Crippen LogP contribution is 2.52. The number of amides is 2. The van der Waals surface area contributed by atoms with E-state index >= 15 is 0 Å². The zero-order valence-corrected chi connectivity index (χ0v) is 13.9. The smallest absolute Gasteiger partial charge is 0.369 e. The van der Waals surface area contributed by atoms with Gasteiger partial charge in [-0.3, -0.25) is 9.59 Å². The fourth-order valence-corrected chi connectivity index (χ4v) is 3.75. The van der Waals surface area contributed by atoms with Crippen LogP contribution in [0.3, 0.4) is 0 Å². The van der Waals surface area contributed by atoms with Gasteiger partial charge in [0.1, 0.15) is 0 Å². The molecule has 1 aliphatic carbocycles. The number of alkyl halides is 3. The normalized spacial score (nSPS) is 29.4. The van der Waals surface area contributed by atoms with Crippen LogP contribution in [0.15, 0.2) is 24.3 Å². The predicted molar refractivity (Wildman–Crippen MR) is 85.4 cm³/mol. The van der Waals surface area contributed by atoms with Gasteiger partial charge in [-0.1, -0.05) is 18.2 Å². The van der Waals surface area contributed by atoms with Gasteiger partial charge in [-0.25, -0.2) is 0 Å². The first-order valence-corrected chi connectivity index (χ1v) is 8.46. The van der Waals surface area contributed by atoms with Crippen LogP contribution in [0.1, 0.15) is 43.2 Å². The molecular weight excluding hydrogens is 333 g/mol. The molecule has 1 saturated heterocycles. The van der Waals surface area contributed by atoms with Crippen LogP contribution in [-0.4, -0.2) is 29.3 Å². The zero-order valence-electron chi connectivity index (χ0n) is 13.9. The van der Waals surface area contributed by atoms with Crippen LogP contribution in [0.25, 0.3) is 0 Å². The lowest BCUT2D eigenvalue weighted by Crippen LogP contribution is -2.49. The largest absolute Gasteiger partial charge is 0.416 e. The molecule has 4 nitrogen and oxygen atoms in total. The summed E-state index contributed by atoms with van der Waals surface area (Å²) in [5.41, 5.74) is 4.87. The van der Waals surface area contributed by atoms with Gasteiger partial charge in [0.2, 0.25) is 11.8 Å². The molecule has 3 rings (SSSR count). The average Bonchev–Trinajstić information content (AvgIpc) is 3.34. The number of piperidine rings is 1. The quantitative estimate of drug-likeness (QED) is 0.907. The van der Waals surface area contributed by atoms with Crippen LogP contribution in [0.5, 0.6) is 0 Å². The third kappa shape index (κ3) is 3.50. The molecule has 2 aliphatic rings. The number of likely N-dealkylation sites (tertiary alicyclic amines) is 1. The maximum absolute atomic E-state index is 13.2. The van der Waals surface area contributed by atoms with Gasteiger partial charge in [0, 0.05) is 18.5 Å². The van der Waals surface area contributed by atoms with E-state index in [1.165, 1.54) is 12.1 Å². The summed E-state index contributed by atoms with van der Waals surface area (Å²) in [7, 11) is 0. The van der Waals surface area contributed by atoms with Crippen LogP contribution in [-0.2, 0) is 15.8 Å². The Morgan fingerprint density at radius 3 is 2.52 bits per heavy atom. The lowest BCUT2D eigenvalue weighted by Gasteiger charge is -2.37. The van der Waals surface area contributed by atoms with Crippen molar-refractivity contribution in [2.24, 2.45) is 17.6 Å². The van der Waals surface area contributed by atoms with Crippen LogP contribution in [0.4, 0.5) is 13.2 Å². The number of hydrogen-bond donors (Lipinski definition) is 1. The van der Waals surface area contributed by atoms with Gasteiger partial charge in [0.05, 0.1) is 11.5 Å². The van der Waals surface area contributed by atoms with Gasteiger partial charge in [-0.15, -0.1) is 0 Å². The van der Waals surface area contributed by atoms with Crippen molar-refractivity contribution >= 4 is 11.8 Å². The van der Waals surface area contributed by atoms with Crippen molar-refractivity contribution in [3.8, 4) is 0 Å². The number of carbonyl (C=O) groups is 2. The molecule has 0 spiro atoms. The maximum Gasteiger partial charge on any atom is 0.416 e. The lowest BCUT2D eigenvalue weighted by atomic mass is 9.92. The second-order valence-corrected chi connectivity index (χ2v) is 7.05. The number of nitrogens with two attached hydrogens (primary N) is 1. The van der Waals surface area contributed by atoms with E-state index in [0.717, 1.165) is 6.07 Å². The van der Waals surface area contributed by atoms with E-state index in [4.69, 9.17) is 5.73 Å². The fraction of sp³-hybridized carbons (Fsp3) is 0.556. The predicted octanol–water partition coefficient (Wildman–Crippen LogP) is 2.92. The van der Waals surface area contributed by atoms with Gasteiger partial charge in [0.25, 0.3) is 0 Å². The summed E-state index contributed by atoms with van der Waals surface area (Å²) in [6.07, 6.45) is -2.69. The Balaban J connectivity index is 1.75. The standard InChI is InChI=1S/C18H21F3N2O2/c1-10-6-7-11(16(22)24)9-23(10)17(25)14-8-13(14)12-4-2-3-5-15(12)18(19,20)21/h2-5,10-11,13-14H,6-9H2,1H3,(H2,22,24)/t10-,11+,13-,14-/m1/s1. The van der Waals surface area contributed by atoms with Crippen molar-refractivity contribution in [3.05, 3.63) is 35.4 Å². The first-order valence-electron chi connectivity index (χ1n) is 8.46. The second kappa shape index (κ2) is 6.35. The summed E-state index contributed by atoms with van der Waals surface area (Å²) in [6, 6.07) is 5.41. The monoisotopic (exact) mass is 354 g/mol. The molecule has 0 aromatic heterocycles. The minimum atomic E-state index is -4.43. The molecule has 25 heavy (non-hydrogen) atoms. The molecular formula is C18H21F3N2O2. The molecule has 0 unspecified atom stereocenters. The lowest BCUT2D eigenvalue weighted by molar-refractivity contribution is -0.140. The number of hydrogen-bond acceptors (Lipinski definition) is 2. The van der Waals surface area contributed by atoms with Crippen molar-refractivity contribution in [2.75, 3.05) is 6.54 Å². The molecule has 1 aliphatic heterocycles. The minimum absolute atomic E-state index is 0.0257. The van der Waals surface area contributed by atoms with Gasteiger partial charge >= 0.3 is 6.18 Å². The zero-order chi connectivity index (χ0) is 18.4. The molecule has 1 saturated carbocycles. The molecule has 1 heterocycles. The van der Waals surface area contributed by atoms with Crippen LogP contribution in [0, 0.1) is 11.8 Å². The van der Waals surface area contributed by atoms with Gasteiger partial charge in [-0.05, 0) is 43.7 Å². The third-order valence-electron chi connectivity index (χ3n) is 5.34. The van der Waals surface area contributed by atoms with Gasteiger partial charge in [-0.2, -0.15) is 13.2 Å². The van der Waals surface area contributed by atoms with Crippen molar-refractivity contribution in [1.82, 2.24) is 4.90 Å². The third-order valence-corrected chi connectivity index (χ3v) is 5.34. The van der Waals surface area contributed by atoms with Crippen molar-refractivity contribution < 1.29 is 22.8 Å². The molecule has 1 aromatic carbocycles. The highest BCUT2D eigenvalue weighted by molar-refractivity contribution is 5.85. The molecule has 0 bridgehead atoms. The molecule has 1 aromatic rings. The topological polar surface area (TPSA) is 63.4 Å². The van der Waals surface area contributed by atoms with Crippen molar-refractivity contribution in [1.29, 1.82) is 0 Å².